The van der Waals surface area contributed by atoms with Crippen LogP contribution in [0, 0.1) is 0 Å². The van der Waals surface area contributed by atoms with Gasteiger partial charge in [-0.2, -0.15) is 0 Å². The number of hydrogen-bond donors (Lipinski definition) is 1. The molecule has 1 N–H and O–H groups in total. The van der Waals surface area contributed by atoms with E-state index in [-0.39, 0.29) is 23.6 Å². The molecule has 126 valence electrons. The van der Waals surface area contributed by atoms with E-state index in [1.165, 1.54) is 0 Å². The van der Waals surface area contributed by atoms with E-state index in [4.69, 9.17) is 4.74 Å². The van der Waals surface area contributed by atoms with Crippen LogP contribution in [-0.2, 0) is 9.53 Å². The van der Waals surface area contributed by atoms with E-state index in [9.17, 15) is 9.59 Å². The van der Waals surface area contributed by atoms with Crippen molar-refractivity contribution in [2.45, 2.75) is 64.1 Å². The number of hydrogen-bond acceptors (Lipinski definition) is 4. The van der Waals surface area contributed by atoms with Crippen LogP contribution >= 0.6 is 0 Å². The predicted molar refractivity (Wildman–Crippen MR) is 84.6 cm³/mol. The fourth-order valence-corrected chi connectivity index (χ4v) is 3.15. The third-order valence-electron chi connectivity index (χ3n) is 4.28. The fourth-order valence-electron chi connectivity index (χ4n) is 3.15. The van der Waals surface area contributed by atoms with Crippen molar-refractivity contribution in [2.75, 3.05) is 26.7 Å². The molecule has 0 atom stereocenters. The molecule has 1 saturated heterocycles. The van der Waals surface area contributed by atoms with Crippen molar-refractivity contribution in [3.63, 3.8) is 0 Å². The summed E-state index contributed by atoms with van der Waals surface area (Å²) in [5.74, 6) is 0.226. The first-order valence-corrected chi connectivity index (χ1v) is 8.21. The van der Waals surface area contributed by atoms with Crippen LogP contribution in [0.15, 0.2) is 0 Å². The highest BCUT2D eigenvalue weighted by Gasteiger charge is 2.32. The van der Waals surface area contributed by atoms with Crippen molar-refractivity contribution in [1.82, 2.24) is 15.1 Å². The largest absolute Gasteiger partial charge is 0.446 e. The lowest BCUT2D eigenvalue weighted by Crippen LogP contribution is -2.54. The second-order valence-electron chi connectivity index (χ2n) is 7.54. The van der Waals surface area contributed by atoms with E-state index in [1.807, 2.05) is 32.7 Å². The average molecular weight is 311 g/mol. The molecule has 2 rings (SSSR count). The van der Waals surface area contributed by atoms with Crippen LogP contribution in [0.4, 0.5) is 4.79 Å². The van der Waals surface area contributed by atoms with Crippen LogP contribution in [0.25, 0.3) is 0 Å². The number of rotatable bonds is 2. The Morgan fingerprint density at radius 3 is 2.36 bits per heavy atom. The summed E-state index contributed by atoms with van der Waals surface area (Å²) in [6.45, 7) is 8.08. The molecule has 2 aliphatic rings. The van der Waals surface area contributed by atoms with Crippen LogP contribution in [0.1, 0.15) is 46.5 Å². The quantitative estimate of drug-likeness (QED) is 0.841. The van der Waals surface area contributed by atoms with Gasteiger partial charge in [-0.1, -0.05) is 0 Å². The predicted octanol–water partition coefficient (Wildman–Crippen LogP) is 1.60. The normalized spacial score (nSPS) is 27.6. The highest BCUT2D eigenvalue weighted by atomic mass is 16.6. The maximum absolute atomic E-state index is 12.1. The van der Waals surface area contributed by atoms with Gasteiger partial charge >= 0.3 is 6.09 Å². The van der Waals surface area contributed by atoms with Crippen LogP contribution in [0.2, 0.25) is 0 Å². The van der Waals surface area contributed by atoms with Gasteiger partial charge in [0.15, 0.2) is 0 Å². The highest BCUT2D eigenvalue weighted by Crippen LogP contribution is 2.26. The molecule has 1 aliphatic carbocycles. The second kappa shape index (κ2) is 6.86. The van der Waals surface area contributed by atoms with Gasteiger partial charge in [0.25, 0.3) is 0 Å². The summed E-state index contributed by atoms with van der Waals surface area (Å²) in [5, 5.41) is 2.82. The molecule has 1 aliphatic heterocycles. The number of carbonyl (C=O) groups is 2. The average Bonchev–Trinajstić information content (AvgIpc) is 2.38. The molecule has 0 spiro atoms. The summed E-state index contributed by atoms with van der Waals surface area (Å²) < 4.78 is 5.49. The van der Waals surface area contributed by atoms with Gasteiger partial charge in [-0.05, 0) is 53.5 Å². The van der Waals surface area contributed by atoms with Crippen LogP contribution in [0.5, 0.6) is 0 Å². The van der Waals surface area contributed by atoms with Crippen molar-refractivity contribution in [3.05, 3.63) is 0 Å². The Kier molecular flexibility index (Phi) is 5.32. The van der Waals surface area contributed by atoms with Crippen molar-refractivity contribution < 1.29 is 14.3 Å². The van der Waals surface area contributed by atoms with Crippen LogP contribution in [-0.4, -0.2) is 66.2 Å². The van der Waals surface area contributed by atoms with E-state index >= 15 is 0 Å². The number of nitrogens with one attached hydrogen (secondary N) is 1. The van der Waals surface area contributed by atoms with E-state index < -0.39 is 0 Å². The Hall–Kier alpha value is -1.30. The lowest BCUT2D eigenvalue weighted by Gasteiger charge is -2.40. The summed E-state index contributed by atoms with van der Waals surface area (Å²) in [6, 6.07) is 0.312. The number of ether oxygens (including phenoxy) is 1. The molecule has 6 nitrogen and oxygen atoms in total. The summed E-state index contributed by atoms with van der Waals surface area (Å²) in [5.41, 5.74) is -0.277. The molecule has 0 aromatic rings. The van der Waals surface area contributed by atoms with Crippen LogP contribution in [0.3, 0.4) is 0 Å². The topological polar surface area (TPSA) is 61.9 Å². The smallest absolute Gasteiger partial charge is 0.407 e. The fraction of sp³-hybridized carbons (Fsp3) is 0.875. The van der Waals surface area contributed by atoms with Crippen molar-refractivity contribution in [3.8, 4) is 0 Å². The molecule has 1 heterocycles. The highest BCUT2D eigenvalue weighted by molar-refractivity contribution is 5.79. The number of piperazine rings is 1. The number of likely N-dealkylation sites (N-methyl/N-ethyl adjacent to an activating group) is 1. The lowest BCUT2D eigenvalue weighted by atomic mass is 9.91. The van der Waals surface area contributed by atoms with E-state index in [0.29, 0.717) is 12.6 Å². The zero-order valence-electron chi connectivity index (χ0n) is 14.2. The number of amides is 2. The van der Waals surface area contributed by atoms with Gasteiger partial charge in [-0.3, -0.25) is 9.69 Å². The van der Waals surface area contributed by atoms with E-state index in [1.54, 1.807) is 0 Å². The molecule has 0 bridgehead atoms. The van der Waals surface area contributed by atoms with Gasteiger partial charge in [-0.15, -0.1) is 0 Å². The summed E-state index contributed by atoms with van der Waals surface area (Å²) >= 11 is 0. The van der Waals surface area contributed by atoms with Gasteiger partial charge in [0.1, 0.15) is 6.10 Å². The zero-order chi connectivity index (χ0) is 16.3. The molecule has 0 unspecified atom stereocenters. The van der Waals surface area contributed by atoms with Crippen molar-refractivity contribution in [1.29, 1.82) is 0 Å². The van der Waals surface area contributed by atoms with Crippen molar-refractivity contribution >= 4 is 12.0 Å². The summed E-state index contributed by atoms with van der Waals surface area (Å²) in [4.78, 5) is 28.0. The third-order valence-corrected chi connectivity index (χ3v) is 4.28. The molecule has 0 radical (unpaired) electrons. The first-order valence-electron chi connectivity index (χ1n) is 8.21. The minimum absolute atomic E-state index is 0.0267. The first-order chi connectivity index (χ1) is 10.2. The van der Waals surface area contributed by atoms with E-state index in [2.05, 4.69) is 10.2 Å². The Morgan fingerprint density at radius 2 is 1.82 bits per heavy atom. The Morgan fingerprint density at radius 1 is 1.18 bits per heavy atom. The molecular weight excluding hydrogens is 282 g/mol. The van der Waals surface area contributed by atoms with E-state index in [0.717, 1.165) is 38.8 Å². The first kappa shape index (κ1) is 17.1. The molecule has 0 aromatic heterocycles. The molecule has 2 amide bonds. The van der Waals surface area contributed by atoms with Gasteiger partial charge in [-0.25, -0.2) is 4.79 Å². The molecule has 0 aromatic carbocycles. The maximum Gasteiger partial charge on any atom is 0.407 e. The molecule has 6 heteroatoms. The Balaban J connectivity index is 1.76. The molecule has 2 fully saturated rings. The van der Waals surface area contributed by atoms with Gasteiger partial charge < -0.3 is 15.0 Å². The molecule has 1 saturated carbocycles. The second-order valence-corrected chi connectivity index (χ2v) is 7.54. The van der Waals surface area contributed by atoms with Gasteiger partial charge in [0.05, 0.1) is 6.54 Å². The number of alkyl carbamates (subject to hydrolysis) is 1. The van der Waals surface area contributed by atoms with Crippen LogP contribution < -0.4 is 5.32 Å². The SMILES string of the molecule is CN1CCN(C2CCC(OC(=O)NC(C)(C)C)CC2)C(=O)C1. The minimum Gasteiger partial charge on any atom is -0.446 e. The zero-order valence-corrected chi connectivity index (χ0v) is 14.2. The lowest BCUT2D eigenvalue weighted by molar-refractivity contribution is -0.139. The Labute approximate surface area is 133 Å². The number of nitrogens with zero attached hydrogens (tertiary/aromatic N) is 2. The molecular formula is C16H29N3O3. The standard InChI is InChI=1S/C16H29N3O3/c1-16(2,3)17-15(21)22-13-7-5-12(6-8-13)19-10-9-18(4)11-14(19)20/h12-13H,5-11H2,1-4H3,(H,17,21). The monoisotopic (exact) mass is 311 g/mol. The number of carbonyl (C=O) groups excluding carboxylic acids is 2. The Bertz CT molecular complexity index is 411. The third kappa shape index (κ3) is 4.87. The van der Waals surface area contributed by atoms with Crippen molar-refractivity contribution in [2.24, 2.45) is 0 Å². The summed E-state index contributed by atoms with van der Waals surface area (Å²) in [7, 11) is 1.98. The minimum atomic E-state index is -0.341. The van der Waals surface area contributed by atoms with Gasteiger partial charge in [0.2, 0.25) is 5.91 Å². The maximum atomic E-state index is 12.1. The summed E-state index contributed by atoms with van der Waals surface area (Å²) in [6.07, 6.45) is 3.14. The molecule has 22 heavy (non-hydrogen) atoms. The van der Waals surface area contributed by atoms with Gasteiger partial charge in [0, 0.05) is 24.7 Å².